The van der Waals surface area contributed by atoms with E-state index >= 15 is 0 Å². The summed E-state index contributed by atoms with van der Waals surface area (Å²) < 4.78 is 22.3. The minimum Gasteiger partial charge on any atom is -0.506 e. The van der Waals surface area contributed by atoms with Gasteiger partial charge in [-0.15, -0.1) is 0 Å². The Balaban J connectivity index is 2.74. The second-order valence-corrected chi connectivity index (χ2v) is 5.12. The van der Waals surface area contributed by atoms with Gasteiger partial charge in [0.2, 0.25) is 0 Å². The van der Waals surface area contributed by atoms with E-state index < -0.39 is 11.3 Å². The maximum absolute atomic E-state index is 12.0. The summed E-state index contributed by atoms with van der Waals surface area (Å²) >= 11 is -2.27. The second kappa shape index (κ2) is 5.48. The van der Waals surface area contributed by atoms with Gasteiger partial charge < -0.3 is 10.0 Å². The van der Waals surface area contributed by atoms with Gasteiger partial charge in [0.25, 0.3) is 17.2 Å². The average molecular weight is 294 g/mol. The highest BCUT2D eigenvalue weighted by molar-refractivity contribution is 7.80. The molecule has 2 rings (SSSR count). The topological polar surface area (TPSA) is 89.9 Å². The molecule has 106 valence electrons. The number of phenolic OH excluding ortho intramolecular Hbond substituents is 1. The van der Waals surface area contributed by atoms with Crippen LogP contribution < -0.4 is 4.72 Å². The van der Waals surface area contributed by atoms with Gasteiger partial charge in [0.05, 0.1) is 11.3 Å². The molecule has 0 bridgehead atoms. The molecule has 0 aliphatic carbocycles. The lowest BCUT2D eigenvalue weighted by atomic mass is 10.0. The van der Waals surface area contributed by atoms with E-state index in [2.05, 4.69) is 4.72 Å². The number of nitrogens with one attached hydrogen (secondary N) is 1. The van der Waals surface area contributed by atoms with Gasteiger partial charge in [-0.25, -0.2) is 4.21 Å². The zero-order valence-electron chi connectivity index (χ0n) is 11.0. The number of anilines is 1. The van der Waals surface area contributed by atoms with Crippen molar-refractivity contribution in [2.75, 3.05) is 18.8 Å². The van der Waals surface area contributed by atoms with Crippen LogP contribution in [-0.2, 0) is 11.3 Å². The predicted octanol–water partition coefficient (Wildman–Crippen LogP) is 1.80. The lowest BCUT2D eigenvalue weighted by molar-refractivity contribution is 0.0825. The number of hydrogen-bond acceptors (Lipinski definition) is 3. The summed E-state index contributed by atoms with van der Waals surface area (Å²) in [6, 6.07) is 8.15. The maximum Gasteiger partial charge on any atom is 0.259 e. The minimum atomic E-state index is -2.27. The summed E-state index contributed by atoms with van der Waals surface area (Å²) in [5.41, 5.74) is 0.381. The fourth-order valence-corrected chi connectivity index (χ4v) is 2.30. The molecule has 1 atom stereocenters. The Labute approximate surface area is 118 Å². The number of phenols is 1. The zero-order chi connectivity index (χ0) is 14.9. The fourth-order valence-electron chi connectivity index (χ4n) is 1.94. The first-order valence-electron chi connectivity index (χ1n) is 5.75. The van der Waals surface area contributed by atoms with E-state index in [0.29, 0.717) is 16.5 Å². The van der Waals surface area contributed by atoms with Crippen LogP contribution in [-0.4, -0.2) is 38.8 Å². The van der Waals surface area contributed by atoms with E-state index in [1.54, 1.807) is 38.4 Å². The van der Waals surface area contributed by atoms with Crippen molar-refractivity contribution in [3.8, 4) is 5.75 Å². The molecule has 7 heteroatoms. The van der Waals surface area contributed by atoms with Crippen LogP contribution in [0.2, 0.25) is 0 Å². The first kappa shape index (κ1) is 14.3. The SMILES string of the molecule is CN(C)C(=O)c1cc(NS(=O)O)c2ccccc2c1O. The summed E-state index contributed by atoms with van der Waals surface area (Å²) in [5, 5.41) is 11.2. The van der Waals surface area contributed by atoms with Crippen molar-refractivity contribution < 1.29 is 18.7 Å². The largest absolute Gasteiger partial charge is 0.506 e. The number of carbonyl (C=O) groups excluding carboxylic acids is 1. The van der Waals surface area contributed by atoms with Gasteiger partial charge in [0.1, 0.15) is 5.75 Å². The number of aromatic hydroxyl groups is 1. The van der Waals surface area contributed by atoms with E-state index in [-0.39, 0.29) is 17.2 Å². The van der Waals surface area contributed by atoms with Crippen LogP contribution in [0.1, 0.15) is 10.4 Å². The number of nitrogens with zero attached hydrogens (tertiary/aromatic N) is 1. The van der Waals surface area contributed by atoms with Gasteiger partial charge in [-0.3, -0.25) is 14.1 Å². The normalized spacial score (nSPS) is 12.2. The van der Waals surface area contributed by atoms with Gasteiger partial charge in [-0.2, -0.15) is 0 Å². The molecule has 0 fully saturated rings. The molecule has 0 aromatic heterocycles. The Morgan fingerprint density at radius 3 is 2.40 bits per heavy atom. The third-order valence-electron chi connectivity index (χ3n) is 2.85. The molecular weight excluding hydrogens is 280 g/mol. The van der Waals surface area contributed by atoms with Crippen LogP contribution in [0.25, 0.3) is 10.8 Å². The molecule has 0 heterocycles. The van der Waals surface area contributed by atoms with Crippen molar-refractivity contribution in [2.45, 2.75) is 0 Å². The van der Waals surface area contributed by atoms with Crippen LogP contribution in [0.4, 0.5) is 5.69 Å². The maximum atomic E-state index is 12.0. The van der Waals surface area contributed by atoms with Crippen molar-refractivity contribution in [3.05, 3.63) is 35.9 Å². The van der Waals surface area contributed by atoms with E-state index in [9.17, 15) is 14.1 Å². The van der Waals surface area contributed by atoms with Gasteiger partial charge in [0.15, 0.2) is 0 Å². The predicted molar refractivity (Wildman–Crippen MR) is 78.0 cm³/mol. The van der Waals surface area contributed by atoms with Crippen molar-refractivity contribution in [2.24, 2.45) is 0 Å². The van der Waals surface area contributed by atoms with E-state index in [1.165, 1.54) is 11.0 Å². The molecule has 0 aliphatic heterocycles. The van der Waals surface area contributed by atoms with E-state index in [4.69, 9.17) is 4.55 Å². The number of rotatable bonds is 3. The van der Waals surface area contributed by atoms with Crippen molar-refractivity contribution in [3.63, 3.8) is 0 Å². The molecule has 6 nitrogen and oxygen atoms in total. The van der Waals surface area contributed by atoms with Crippen LogP contribution in [0, 0.1) is 0 Å². The second-order valence-electron chi connectivity index (χ2n) is 4.42. The van der Waals surface area contributed by atoms with Crippen LogP contribution in [0.15, 0.2) is 30.3 Å². The first-order valence-corrected chi connectivity index (χ1v) is 6.86. The molecule has 0 radical (unpaired) electrons. The van der Waals surface area contributed by atoms with Crippen LogP contribution in [0.3, 0.4) is 0 Å². The highest BCUT2D eigenvalue weighted by Gasteiger charge is 2.18. The summed E-state index contributed by atoms with van der Waals surface area (Å²) in [6.07, 6.45) is 0. The third kappa shape index (κ3) is 2.59. The number of benzene rings is 2. The Morgan fingerprint density at radius 2 is 1.85 bits per heavy atom. The van der Waals surface area contributed by atoms with E-state index in [1.807, 2.05) is 0 Å². The number of carbonyl (C=O) groups is 1. The Bertz CT molecular complexity index is 700. The smallest absolute Gasteiger partial charge is 0.259 e. The van der Waals surface area contributed by atoms with Crippen molar-refractivity contribution in [1.29, 1.82) is 0 Å². The van der Waals surface area contributed by atoms with Crippen LogP contribution >= 0.6 is 0 Å². The summed E-state index contributed by atoms with van der Waals surface area (Å²) in [5.74, 6) is -0.534. The monoisotopic (exact) mass is 294 g/mol. The van der Waals surface area contributed by atoms with Crippen molar-refractivity contribution >= 4 is 33.6 Å². The Kier molecular flexibility index (Phi) is 3.91. The Hall–Kier alpha value is -2.12. The molecule has 0 aliphatic rings. The number of amides is 1. The van der Waals surface area contributed by atoms with Gasteiger partial charge in [-0.1, -0.05) is 24.3 Å². The quantitative estimate of drug-likeness (QED) is 0.594. The summed E-state index contributed by atoms with van der Waals surface area (Å²) in [4.78, 5) is 13.4. The van der Waals surface area contributed by atoms with E-state index in [0.717, 1.165) is 0 Å². The molecule has 0 spiro atoms. The molecular formula is C13H14N2O4S. The molecule has 2 aromatic rings. The zero-order valence-corrected chi connectivity index (χ0v) is 11.8. The average Bonchev–Trinajstić information content (AvgIpc) is 2.40. The van der Waals surface area contributed by atoms with Crippen molar-refractivity contribution in [1.82, 2.24) is 4.90 Å². The summed E-state index contributed by atoms with van der Waals surface area (Å²) in [6.45, 7) is 0. The standard InChI is InChI=1S/C13H14N2O4S/c1-15(2)13(17)10-7-11(14-20(18)19)8-5-3-4-6-9(8)12(10)16/h3-7,14,16H,1-2H3,(H,18,19). The lowest BCUT2D eigenvalue weighted by Gasteiger charge is -2.15. The Morgan fingerprint density at radius 1 is 1.25 bits per heavy atom. The molecule has 0 saturated heterocycles. The molecule has 0 saturated carbocycles. The summed E-state index contributed by atoms with van der Waals surface area (Å²) in [7, 11) is 3.13. The van der Waals surface area contributed by atoms with Gasteiger partial charge in [-0.05, 0) is 6.07 Å². The molecule has 2 aromatic carbocycles. The highest BCUT2D eigenvalue weighted by Crippen LogP contribution is 2.35. The highest BCUT2D eigenvalue weighted by atomic mass is 32.2. The third-order valence-corrected chi connectivity index (χ3v) is 3.24. The number of hydrogen-bond donors (Lipinski definition) is 3. The number of fused-ring (bicyclic) bond motifs is 1. The molecule has 3 N–H and O–H groups in total. The fraction of sp³-hybridized carbons (Fsp3) is 0.154. The van der Waals surface area contributed by atoms with Crippen LogP contribution in [0.5, 0.6) is 5.75 Å². The molecule has 1 unspecified atom stereocenters. The molecule has 20 heavy (non-hydrogen) atoms. The molecule has 1 amide bonds. The minimum absolute atomic E-state index is 0.0710. The first-order chi connectivity index (χ1) is 9.41. The lowest BCUT2D eigenvalue weighted by Crippen LogP contribution is -2.22. The van der Waals surface area contributed by atoms with Gasteiger partial charge >= 0.3 is 0 Å². The van der Waals surface area contributed by atoms with Gasteiger partial charge in [0, 0.05) is 24.9 Å².